The zero-order chi connectivity index (χ0) is 14.1. The lowest BCUT2D eigenvalue weighted by Crippen LogP contribution is -2.47. The number of hydrogen-bond acceptors (Lipinski definition) is 4. The summed E-state index contributed by atoms with van der Waals surface area (Å²) in [7, 11) is 0. The van der Waals surface area contributed by atoms with Crippen molar-refractivity contribution < 1.29 is 10.2 Å². The normalized spacial score (nSPS) is 18.7. The predicted octanol–water partition coefficient (Wildman–Crippen LogP) is 1.35. The van der Waals surface area contributed by atoms with Crippen molar-refractivity contribution in [3.05, 3.63) is 0 Å². The van der Waals surface area contributed by atoms with E-state index >= 15 is 0 Å². The summed E-state index contributed by atoms with van der Waals surface area (Å²) in [5.41, 5.74) is 5.43. The molecule has 4 nitrogen and oxygen atoms in total. The summed E-state index contributed by atoms with van der Waals surface area (Å²) in [6, 6.07) is 0.543. The van der Waals surface area contributed by atoms with Gasteiger partial charge in [0, 0.05) is 25.2 Å². The molecule has 4 N–H and O–H groups in total. The first kappa shape index (κ1) is 17.8. The summed E-state index contributed by atoms with van der Waals surface area (Å²) in [4.78, 5) is 2.29. The Hall–Kier alpha value is -0.160. The Bertz CT molecular complexity index is 200. The summed E-state index contributed by atoms with van der Waals surface area (Å²) >= 11 is 0. The molecule has 0 bridgehead atoms. The SMILES string of the molecule is CCCCC(C)N(CCC(O)CN)C(C)C(C)O. The number of aliphatic hydroxyl groups excluding tert-OH is 2. The molecular weight excluding hydrogens is 228 g/mol. The molecule has 0 fully saturated rings. The molecule has 0 aliphatic heterocycles. The lowest BCUT2D eigenvalue weighted by Gasteiger charge is -2.36. The van der Waals surface area contributed by atoms with Crippen LogP contribution in [-0.2, 0) is 0 Å². The Morgan fingerprint density at radius 1 is 1.11 bits per heavy atom. The van der Waals surface area contributed by atoms with Crippen molar-refractivity contribution in [3.8, 4) is 0 Å². The van der Waals surface area contributed by atoms with Gasteiger partial charge < -0.3 is 15.9 Å². The van der Waals surface area contributed by atoms with Gasteiger partial charge in [0.1, 0.15) is 0 Å². The molecule has 0 amide bonds. The average molecular weight is 260 g/mol. The number of hydrogen-bond donors (Lipinski definition) is 3. The lowest BCUT2D eigenvalue weighted by atomic mass is 10.0. The van der Waals surface area contributed by atoms with Crippen LogP contribution in [0, 0.1) is 0 Å². The highest BCUT2D eigenvalue weighted by Gasteiger charge is 2.23. The lowest BCUT2D eigenvalue weighted by molar-refractivity contribution is 0.0334. The molecule has 0 rings (SSSR count). The fourth-order valence-corrected chi connectivity index (χ4v) is 2.18. The van der Waals surface area contributed by atoms with Crippen molar-refractivity contribution in [2.45, 2.75) is 77.7 Å². The number of nitrogens with two attached hydrogens (primary N) is 1. The minimum atomic E-state index is -0.438. The van der Waals surface area contributed by atoms with Gasteiger partial charge in [0.2, 0.25) is 0 Å². The number of unbranched alkanes of at least 4 members (excludes halogenated alkanes) is 1. The molecule has 0 spiro atoms. The topological polar surface area (TPSA) is 69.7 Å². The monoisotopic (exact) mass is 260 g/mol. The summed E-state index contributed by atoms with van der Waals surface area (Å²) in [5, 5.41) is 19.3. The molecule has 18 heavy (non-hydrogen) atoms. The third-order valence-electron chi connectivity index (χ3n) is 3.76. The highest BCUT2D eigenvalue weighted by molar-refractivity contribution is 4.78. The van der Waals surface area contributed by atoms with Crippen molar-refractivity contribution in [1.82, 2.24) is 4.90 Å². The Balaban J connectivity index is 4.41. The molecule has 0 radical (unpaired) electrons. The molecule has 0 aromatic carbocycles. The van der Waals surface area contributed by atoms with Crippen LogP contribution >= 0.6 is 0 Å². The molecule has 0 aliphatic rings. The largest absolute Gasteiger partial charge is 0.392 e. The molecule has 110 valence electrons. The Morgan fingerprint density at radius 2 is 1.72 bits per heavy atom. The van der Waals surface area contributed by atoms with Crippen molar-refractivity contribution in [2.75, 3.05) is 13.1 Å². The third kappa shape index (κ3) is 6.69. The maximum Gasteiger partial charge on any atom is 0.0674 e. The van der Waals surface area contributed by atoms with Gasteiger partial charge in [0.05, 0.1) is 12.2 Å². The quantitative estimate of drug-likeness (QED) is 0.554. The summed E-state index contributed by atoms with van der Waals surface area (Å²) in [5.74, 6) is 0. The van der Waals surface area contributed by atoms with E-state index in [0.717, 1.165) is 13.0 Å². The highest BCUT2D eigenvalue weighted by atomic mass is 16.3. The summed E-state index contributed by atoms with van der Waals surface area (Å²) in [6.45, 7) is 9.35. The molecule has 0 saturated heterocycles. The molecule has 0 saturated carbocycles. The van der Waals surface area contributed by atoms with Crippen LogP contribution in [0.15, 0.2) is 0 Å². The predicted molar refractivity (Wildman–Crippen MR) is 76.5 cm³/mol. The maximum absolute atomic E-state index is 9.76. The van der Waals surface area contributed by atoms with E-state index in [1.165, 1.54) is 12.8 Å². The fraction of sp³-hybridized carbons (Fsp3) is 1.00. The Kier molecular flexibility index (Phi) is 9.64. The zero-order valence-electron chi connectivity index (χ0n) is 12.5. The van der Waals surface area contributed by atoms with Gasteiger partial charge in [0.15, 0.2) is 0 Å². The van der Waals surface area contributed by atoms with Gasteiger partial charge in [-0.05, 0) is 33.6 Å². The maximum atomic E-state index is 9.76. The highest BCUT2D eigenvalue weighted by Crippen LogP contribution is 2.15. The standard InChI is InChI=1S/C14H32N2O2/c1-5-6-7-11(2)16(12(3)13(4)17)9-8-14(18)10-15/h11-14,17-18H,5-10,15H2,1-4H3. The van der Waals surface area contributed by atoms with E-state index in [1.807, 2.05) is 13.8 Å². The van der Waals surface area contributed by atoms with Gasteiger partial charge in [-0.3, -0.25) is 4.90 Å². The van der Waals surface area contributed by atoms with Crippen LogP contribution in [-0.4, -0.2) is 52.5 Å². The van der Waals surface area contributed by atoms with Gasteiger partial charge in [-0.25, -0.2) is 0 Å². The van der Waals surface area contributed by atoms with Gasteiger partial charge in [-0.2, -0.15) is 0 Å². The smallest absolute Gasteiger partial charge is 0.0674 e. The molecule has 4 atom stereocenters. The van der Waals surface area contributed by atoms with Crippen molar-refractivity contribution >= 4 is 0 Å². The minimum absolute atomic E-state index is 0.113. The van der Waals surface area contributed by atoms with E-state index in [2.05, 4.69) is 18.7 Å². The number of nitrogens with zero attached hydrogens (tertiary/aromatic N) is 1. The van der Waals surface area contributed by atoms with Crippen LogP contribution in [0.4, 0.5) is 0 Å². The van der Waals surface area contributed by atoms with Crippen molar-refractivity contribution in [1.29, 1.82) is 0 Å². The van der Waals surface area contributed by atoms with E-state index in [4.69, 9.17) is 5.73 Å². The molecule has 4 heteroatoms. The molecule has 4 unspecified atom stereocenters. The second-order valence-electron chi connectivity index (χ2n) is 5.39. The van der Waals surface area contributed by atoms with Gasteiger partial charge in [0.25, 0.3) is 0 Å². The summed E-state index contributed by atoms with van der Waals surface area (Å²) in [6.07, 6.45) is 3.39. The van der Waals surface area contributed by atoms with Crippen LogP contribution in [0.5, 0.6) is 0 Å². The van der Waals surface area contributed by atoms with E-state index in [0.29, 0.717) is 19.0 Å². The zero-order valence-corrected chi connectivity index (χ0v) is 12.5. The van der Waals surface area contributed by atoms with Crippen LogP contribution in [0.25, 0.3) is 0 Å². The average Bonchev–Trinajstić information content (AvgIpc) is 2.35. The second-order valence-corrected chi connectivity index (χ2v) is 5.39. The first-order chi connectivity index (χ1) is 8.43. The molecular formula is C14H32N2O2. The first-order valence-corrected chi connectivity index (χ1v) is 7.25. The molecule has 0 aliphatic carbocycles. The fourth-order valence-electron chi connectivity index (χ4n) is 2.18. The molecule has 0 heterocycles. The van der Waals surface area contributed by atoms with Crippen LogP contribution < -0.4 is 5.73 Å². The van der Waals surface area contributed by atoms with Crippen LogP contribution in [0.2, 0.25) is 0 Å². The Labute approximate surface area is 112 Å². The Morgan fingerprint density at radius 3 is 2.17 bits per heavy atom. The second kappa shape index (κ2) is 9.73. The number of rotatable bonds is 10. The molecule has 0 aromatic heterocycles. The minimum Gasteiger partial charge on any atom is -0.392 e. The van der Waals surface area contributed by atoms with Crippen LogP contribution in [0.1, 0.15) is 53.4 Å². The summed E-state index contributed by atoms with van der Waals surface area (Å²) < 4.78 is 0. The van der Waals surface area contributed by atoms with Crippen LogP contribution in [0.3, 0.4) is 0 Å². The van der Waals surface area contributed by atoms with Gasteiger partial charge >= 0.3 is 0 Å². The van der Waals surface area contributed by atoms with E-state index < -0.39 is 6.10 Å². The van der Waals surface area contributed by atoms with E-state index in [9.17, 15) is 10.2 Å². The molecule has 0 aromatic rings. The third-order valence-corrected chi connectivity index (χ3v) is 3.76. The van der Waals surface area contributed by atoms with Gasteiger partial charge in [-0.1, -0.05) is 19.8 Å². The van der Waals surface area contributed by atoms with E-state index in [-0.39, 0.29) is 12.1 Å². The first-order valence-electron chi connectivity index (χ1n) is 7.25. The van der Waals surface area contributed by atoms with E-state index in [1.54, 1.807) is 0 Å². The van der Waals surface area contributed by atoms with Crippen molar-refractivity contribution in [2.24, 2.45) is 5.73 Å². The van der Waals surface area contributed by atoms with Gasteiger partial charge in [-0.15, -0.1) is 0 Å². The number of aliphatic hydroxyl groups is 2. The van der Waals surface area contributed by atoms with Crippen molar-refractivity contribution in [3.63, 3.8) is 0 Å².